The van der Waals surface area contributed by atoms with Crippen LogP contribution in [0.1, 0.15) is 31.7 Å². The highest BCUT2D eigenvalue weighted by Gasteiger charge is 2.34. The van der Waals surface area contributed by atoms with Gasteiger partial charge in [-0.3, -0.25) is 4.98 Å². The molecular weight excluding hydrogens is 236 g/mol. The molecule has 19 heavy (non-hydrogen) atoms. The second-order valence-corrected chi connectivity index (χ2v) is 5.69. The number of piperidine rings is 1. The molecule has 2 bridgehead atoms. The number of rotatable bonds is 2. The number of nitrogens with zero attached hydrogens (tertiary/aromatic N) is 3. The van der Waals surface area contributed by atoms with Crippen molar-refractivity contribution in [1.82, 2.24) is 19.9 Å². The number of nitrogens with one attached hydrogen (secondary N) is 1. The molecule has 4 heterocycles. The smallest absolute Gasteiger partial charge is 0.0953 e. The Kier molecular flexibility index (Phi) is 2.62. The van der Waals surface area contributed by atoms with Crippen molar-refractivity contribution >= 4 is 0 Å². The number of hydrogen-bond acceptors (Lipinski definition) is 3. The average molecular weight is 254 g/mol. The SMILES string of the molecule is c1cc(-c2cncn2C2CC3CCC(C2)N3)ccn1. The standard InChI is InChI=1S/C15H18N4/c1-2-13-8-14(7-12(1)18-13)19-10-17-9-15(19)11-3-5-16-6-4-11/h3-6,9-10,12-14,18H,1-2,7-8H2. The van der Waals surface area contributed by atoms with Gasteiger partial charge in [0.25, 0.3) is 0 Å². The summed E-state index contributed by atoms with van der Waals surface area (Å²) < 4.78 is 2.36. The largest absolute Gasteiger partial charge is 0.327 e. The van der Waals surface area contributed by atoms with Crippen molar-refractivity contribution in [2.24, 2.45) is 0 Å². The van der Waals surface area contributed by atoms with Gasteiger partial charge in [-0.25, -0.2) is 4.98 Å². The molecule has 0 aromatic carbocycles. The topological polar surface area (TPSA) is 42.7 Å². The fraction of sp³-hybridized carbons (Fsp3) is 0.467. The van der Waals surface area contributed by atoms with Crippen LogP contribution in [0, 0.1) is 0 Å². The average Bonchev–Trinajstić information content (AvgIpc) is 3.07. The van der Waals surface area contributed by atoms with E-state index in [0.29, 0.717) is 18.1 Å². The minimum atomic E-state index is 0.587. The quantitative estimate of drug-likeness (QED) is 0.895. The predicted molar refractivity (Wildman–Crippen MR) is 73.7 cm³/mol. The lowest BCUT2D eigenvalue weighted by Crippen LogP contribution is -2.38. The highest BCUT2D eigenvalue weighted by atomic mass is 15.1. The molecule has 2 aliphatic heterocycles. The zero-order chi connectivity index (χ0) is 12.7. The molecule has 2 fully saturated rings. The molecule has 1 N–H and O–H groups in total. The van der Waals surface area contributed by atoms with Crippen LogP contribution in [-0.2, 0) is 0 Å². The highest BCUT2D eigenvalue weighted by molar-refractivity contribution is 5.58. The minimum absolute atomic E-state index is 0.587. The molecule has 4 heteroatoms. The Morgan fingerprint density at radius 1 is 1.05 bits per heavy atom. The van der Waals surface area contributed by atoms with Gasteiger partial charge in [-0.2, -0.15) is 0 Å². The van der Waals surface area contributed by atoms with Crippen LogP contribution in [0.2, 0.25) is 0 Å². The first-order valence-electron chi connectivity index (χ1n) is 7.08. The number of pyridine rings is 1. The summed E-state index contributed by atoms with van der Waals surface area (Å²) in [5, 5.41) is 3.70. The van der Waals surface area contributed by atoms with E-state index < -0.39 is 0 Å². The summed E-state index contributed by atoms with van der Waals surface area (Å²) in [6.45, 7) is 0. The monoisotopic (exact) mass is 254 g/mol. The zero-order valence-corrected chi connectivity index (χ0v) is 10.9. The predicted octanol–water partition coefficient (Wildman–Crippen LogP) is 2.40. The molecule has 2 unspecified atom stereocenters. The molecule has 2 saturated heterocycles. The van der Waals surface area contributed by atoms with E-state index in [1.807, 2.05) is 24.9 Å². The van der Waals surface area contributed by atoms with Crippen LogP contribution in [0.25, 0.3) is 11.3 Å². The first-order valence-corrected chi connectivity index (χ1v) is 7.08. The van der Waals surface area contributed by atoms with Gasteiger partial charge in [-0.05, 0) is 37.8 Å². The molecule has 0 amide bonds. The molecule has 0 saturated carbocycles. The van der Waals surface area contributed by atoms with Crippen LogP contribution in [0.3, 0.4) is 0 Å². The molecule has 2 aromatic heterocycles. The molecule has 2 atom stereocenters. The Hall–Kier alpha value is -1.68. The third-order valence-corrected chi connectivity index (χ3v) is 4.48. The molecule has 4 rings (SSSR count). The maximum Gasteiger partial charge on any atom is 0.0953 e. The highest BCUT2D eigenvalue weighted by Crippen LogP contribution is 2.36. The summed E-state index contributed by atoms with van der Waals surface area (Å²) in [5.74, 6) is 0. The van der Waals surface area contributed by atoms with E-state index in [0.717, 1.165) is 0 Å². The first kappa shape index (κ1) is 11.2. The first-order chi connectivity index (χ1) is 9.40. The van der Waals surface area contributed by atoms with Crippen molar-refractivity contribution in [1.29, 1.82) is 0 Å². The molecule has 98 valence electrons. The van der Waals surface area contributed by atoms with Gasteiger partial charge >= 0.3 is 0 Å². The fourth-order valence-electron chi connectivity index (χ4n) is 3.60. The van der Waals surface area contributed by atoms with Crippen LogP contribution < -0.4 is 5.32 Å². The number of aromatic nitrogens is 3. The normalized spacial score (nSPS) is 29.6. The summed E-state index contributed by atoms with van der Waals surface area (Å²) in [6.07, 6.45) is 12.8. The number of imidazole rings is 1. The van der Waals surface area contributed by atoms with Crippen molar-refractivity contribution < 1.29 is 0 Å². The van der Waals surface area contributed by atoms with E-state index >= 15 is 0 Å². The molecule has 0 radical (unpaired) electrons. The Morgan fingerprint density at radius 3 is 2.53 bits per heavy atom. The summed E-state index contributed by atoms with van der Waals surface area (Å²) in [7, 11) is 0. The summed E-state index contributed by atoms with van der Waals surface area (Å²) in [4.78, 5) is 8.46. The second kappa shape index (κ2) is 4.46. The third kappa shape index (κ3) is 1.96. The molecule has 2 aliphatic rings. The molecule has 0 spiro atoms. The number of fused-ring (bicyclic) bond motifs is 2. The maximum atomic E-state index is 4.37. The minimum Gasteiger partial charge on any atom is -0.327 e. The van der Waals surface area contributed by atoms with E-state index in [2.05, 4.69) is 32.0 Å². The van der Waals surface area contributed by atoms with Crippen molar-refractivity contribution in [3.05, 3.63) is 37.1 Å². The van der Waals surface area contributed by atoms with Gasteiger partial charge in [0.2, 0.25) is 0 Å². The van der Waals surface area contributed by atoms with Crippen molar-refractivity contribution in [2.75, 3.05) is 0 Å². The van der Waals surface area contributed by atoms with Gasteiger partial charge in [-0.1, -0.05) is 0 Å². The van der Waals surface area contributed by atoms with Gasteiger partial charge in [0.15, 0.2) is 0 Å². The lowest BCUT2D eigenvalue weighted by atomic mass is 9.99. The van der Waals surface area contributed by atoms with Crippen LogP contribution in [0.4, 0.5) is 0 Å². The zero-order valence-electron chi connectivity index (χ0n) is 10.9. The maximum absolute atomic E-state index is 4.37. The van der Waals surface area contributed by atoms with E-state index in [9.17, 15) is 0 Å². The van der Waals surface area contributed by atoms with Crippen LogP contribution in [0.15, 0.2) is 37.1 Å². The lowest BCUT2D eigenvalue weighted by molar-refractivity contribution is 0.300. The van der Waals surface area contributed by atoms with Gasteiger partial charge in [0.1, 0.15) is 0 Å². The Balaban J connectivity index is 1.67. The Bertz CT molecular complexity index is 551. The molecule has 4 nitrogen and oxygen atoms in total. The van der Waals surface area contributed by atoms with E-state index in [-0.39, 0.29) is 0 Å². The van der Waals surface area contributed by atoms with Crippen molar-refractivity contribution in [3.63, 3.8) is 0 Å². The Labute approximate surface area is 112 Å². The van der Waals surface area contributed by atoms with Gasteiger partial charge in [0, 0.05) is 36.1 Å². The molecule has 2 aromatic rings. The van der Waals surface area contributed by atoms with Crippen molar-refractivity contribution in [2.45, 2.75) is 43.8 Å². The van der Waals surface area contributed by atoms with Crippen LogP contribution in [-0.4, -0.2) is 26.6 Å². The molecular formula is C15H18N4. The molecule has 0 aliphatic carbocycles. The van der Waals surface area contributed by atoms with Crippen molar-refractivity contribution in [3.8, 4) is 11.3 Å². The van der Waals surface area contributed by atoms with Crippen LogP contribution in [0.5, 0.6) is 0 Å². The lowest BCUT2D eigenvalue weighted by Gasteiger charge is -2.31. The fourth-order valence-corrected chi connectivity index (χ4v) is 3.60. The van der Waals surface area contributed by atoms with E-state index in [1.54, 1.807) is 0 Å². The Morgan fingerprint density at radius 2 is 1.79 bits per heavy atom. The summed E-state index contributed by atoms with van der Waals surface area (Å²) in [6, 6.07) is 6.11. The number of hydrogen-bond donors (Lipinski definition) is 1. The van der Waals surface area contributed by atoms with E-state index in [4.69, 9.17) is 0 Å². The van der Waals surface area contributed by atoms with Gasteiger partial charge in [-0.15, -0.1) is 0 Å². The van der Waals surface area contributed by atoms with Gasteiger partial charge in [0.05, 0.1) is 18.2 Å². The summed E-state index contributed by atoms with van der Waals surface area (Å²) in [5.41, 5.74) is 2.42. The van der Waals surface area contributed by atoms with Crippen LogP contribution >= 0.6 is 0 Å². The van der Waals surface area contributed by atoms with Gasteiger partial charge < -0.3 is 9.88 Å². The summed E-state index contributed by atoms with van der Waals surface area (Å²) >= 11 is 0. The van der Waals surface area contributed by atoms with E-state index in [1.165, 1.54) is 36.9 Å². The second-order valence-electron chi connectivity index (χ2n) is 5.69. The third-order valence-electron chi connectivity index (χ3n) is 4.48.